The Kier molecular flexibility index (Phi) is 3.23. The first-order valence-electron chi connectivity index (χ1n) is 5.27. The summed E-state index contributed by atoms with van der Waals surface area (Å²) in [6.07, 6.45) is 0. The standard InChI is InChI=1S/C12H17NO2/c1-9(13-11-7-15-8-11)10-4-3-5-12(6-10)14-2/h3-6,9,11,13H,7-8H2,1-2H3/t9-/m1/s1. The lowest BCUT2D eigenvalue weighted by Crippen LogP contribution is -2.46. The fourth-order valence-corrected chi connectivity index (χ4v) is 1.69. The van der Waals surface area contributed by atoms with Crippen LogP contribution >= 0.6 is 0 Å². The molecule has 0 aromatic heterocycles. The first-order chi connectivity index (χ1) is 7.29. The molecular weight excluding hydrogens is 190 g/mol. The highest BCUT2D eigenvalue weighted by molar-refractivity contribution is 5.30. The van der Waals surface area contributed by atoms with Crippen molar-refractivity contribution >= 4 is 0 Å². The molecule has 0 saturated carbocycles. The van der Waals surface area contributed by atoms with Gasteiger partial charge in [0.2, 0.25) is 0 Å². The molecule has 1 aliphatic rings. The van der Waals surface area contributed by atoms with Gasteiger partial charge in [-0.2, -0.15) is 0 Å². The molecule has 1 atom stereocenters. The van der Waals surface area contributed by atoms with Crippen molar-refractivity contribution in [3.63, 3.8) is 0 Å². The van der Waals surface area contributed by atoms with E-state index in [-0.39, 0.29) is 0 Å². The summed E-state index contributed by atoms with van der Waals surface area (Å²) in [7, 11) is 1.69. The van der Waals surface area contributed by atoms with Gasteiger partial charge >= 0.3 is 0 Å². The van der Waals surface area contributed by atoms with Crippen molar-refractivity contribution in [2.24, 2.45) is 0 Å². The van der Waals surface area contributed by atoms with Crippen LogP contribution in [0.15, 0.2) is 24.3 Å². The van der Waals surface area contributed by atoms with E-state index in [9.17, 15) is 0 Å². The maximum absolute atomic E-state index is 5.20. The zero-order valence-corrected chi connectivity index (χ0v) is 9.19. The lowest BCUT2D eigenvalue weighted by atomic mass is 10.1. The number of hydrogen-bond donors (Lipinski definition) is 1. The molecule has 1 heterocycles. The number of methoxy groups -OCH3 is 1. The Morgan fingerprint density at radius 3 is 2.87 bits per heavy atom. The van der Waals surface area contributed by atoms with Gasteiger partial charge in [-0.05, 0) is 24.6 Å². The third-order valence-electron chi connectivity index (χ3n) is 2.72. The first-order valence-corrected chi connectivity index (χ1v) is 5.27. The zero-order chi connectivity index (χ0) is 10.7. The van der Waals surface area contributed by atoms with Crippen molar-refractivity contribution in [3.05, 3.63) is 29.8 Å². The first kappa shape index (κ1) is 10.5. The van der Waals surface area contributed by atoms with Gasteiger partial charge in [0.05, 0.1) is 26.4 Å². The highest BCUT2D eigenvalue weighted by Gasteiger charge is 2.20. The molecule has 0 radical (unpaired) electrons. The van der Waals surface area contributed by atoms with E-state index in [2.05, 4.69) is 24.4 Å². The van der Waals surface area contributed by atoms with E-state index in [0.717, 1.165) is 19.0 Å². The molecule has 1 saturated heterocycles. The van der Waals surface area contributed by atoms with Gasteiger partial charge in [0.15, 0.2) is 0 Å². The summed E-state index contributed by atoms with van der Waals surface area (Å²) >= 11 is 0. The minimum absolute atomic E-state index is 0.342. The summed E-state index contributed by atoms with van der Waals surface area (Å²) in [6, 6.07) is 9.00. The molecule has 0 aliphatic carbocycles. The third kappa shape index (κ3) is 2.49. The lowest BCUT2D eigenvalue weighted by molar-refractivity contribution is -0.00925. The second kappa shape index (κ2) is 4.64. The summed E-state index contributed by atoms with van der Waals surface area (Å²) in [6.45, 7) is 3.82. The Morgan fingerprint density at radius 1 is 1.47 bits per heavy atom. The van der Waals surface area contributed by atoms with E-state index in [4.69, 9.17) is 9.47 Å². The Bertz CT molecular complexity index is 323. The molecule has 0 amide bonds. The average molecular weight is 207 g/mol. The van der Waals surface area contributed by atoms with E-state index in [1.165, 1.54) is 5.56 Å². The van der Waals surface area contributed by atoms with Crippen LogP contribution in [0.4, 0.5) is 0 Å². The number of benzene rings is 1. The molecule has 0 unspecified atom stereocenters. The van der Waals surface area contributed by atoms with Gasteiger partial charge in [-0.3, -0.25) is 0 Å². The van der Waals surface area contributed by atoms with E-state index in [0.29, 0.717) is 12.1 Å². The molecule has 15 heavy (non-hydrogen) atoms. The predicted octanol–water partition coefficient (Wildman–Crippen LogP) is 1.74. The van der Waals surface area contributed by atoms with Crippen LogP contribution in [-0.4, -0.2) is 26.4 Å². The molecule has 82 valence electrons. The summed E-state index contributed by atoms with van der Waals surface area (Å²) in [5.41, 5.74) is 1.25. The average Bonchev–Trinajstić information content (AvgIpc) is 2.23. The van der Waals surface area contributed by atoms with E-state index >= 15 is 0 Å². The molecule has 2 rings (SSSR count). The van der Waals surface area contributed by atoms with Gasteiger partial charge in [-0.1, -0.05) is 12.1 Å². The maximum Gasteiger partial charge on any atom is 0.119 e. The molecule has 1 fully saturated rings. The Labute approximate surface area is 90.4 Å². The van der Waals surface area contributed by atoms with Crippen molar-refractivity contribution in [3.8, 4) is 5.75 Å². The third-order valence-corrected chi connectivity index (χ3v) is 2.72. The fourth-order valence-electron chi connectivity index (χ4n) is 1.69. The molecule has 3 nitrogen and oxygen atoms in total. The second-order valence-electron chi connectivity index (χ2n) is 3.90. The van der Waals surface area contributed by atoms with Crippen LogP contribution < -0.4 is 10.1 Å². The van der Waals surface area contributed by atoms with Crippen LogP contribution in [0.2, 0.25) is 0 Å². The van der Waals surface area contributed by atoms with E-state index in [1.807, 2.05) is 12.1 Å². The van der Waals surface area contributed by atoms with Gasteiger partial charge in [0.1, 0.15) is 5.75 Å². The number of nitrogens with one attached hydrogen (secondary N) is 1. The maximum atomic E-state index is 5.20. The molecule has 1 aliphatic heterocycles. The monoisotopic (exact) mass is 207 g/mol. The number of ether oxygens (including phenoxy) is 2. The summed E-state index contributed by atoms with van der Waals surface area (Å²) in [5.74, 6) is 0.908. The number of rotatable bonds is 4. The van der Waals surface area contributed by atoms with Gasteiger partial charge in [-0.25, -0.2) is 0 Å². The molecular formula is C12H17NO2. The second-order valence-corrected chi connectivity index (χ2v) is 3.90. The van der Waals surface area contributed by atoms with Gasteiger partial charge in [0, 0.05) is 6.04 Å². The Balaban J connectivity index is 1.99. The van der Waals surface area contributed by atoms with Crippen molar-refractivity contribution < 1.29 is 9.47 Å². The molecule has 0 bridgehead atoms. The van der Waals surface area contributed by atoms with Gasteiger partial charge in [-0.15, -0.1) is 0 Å². The van der Waals surface area contributed by atoms with Crippen LogP contribution in [0.1, 0.15) is 18.5 Å². The number of hydrogen-bond acceptors (Lipinski definition) is 3. The Hall–Kier alpha value is -1.06. The Morgan fingerprint density at radius 2 is 2.27 bits per heavy atom. The summed E-state index contributed by atoms with van der Waals surface area (Å²) in [5, 5.41) is 3.50. The predicted molar refractivity (Wildman–Crippen MR) is 59.2 cm³/mol. The molecule has 0 spiro atoms. The van der Waals surface area contributed by atoms with Crippen molar-refractivity contribution in [1.82, 2.24) is 5.32 Å². The van der Waals surface area contributed by atoms with Crippen LogP contribution in [0.5, 0.6) is 5.75 Å². The molecule has 1 N–H and O–H groups in total. The quantitative estimate of drug-likeness (QED) is 0.815. The summed E-state index contributed by atoms with van der Waals surface area (Å²) in [4.78, 5) is 0. The van der Waals surface area contributed by atoms with E-state index in [1.54, 1.807) is 7.11 Å². The smallest absolute Gasteiger partial charge is 0.119 e. The van der Waals surface area contributed by atoms with Gasteiger partial charge < -0.3 is 14.8 Å². The highest BCUT2D eigenvalue weighted by Crippen LogP contribution is 2.19. The fraction of sp³-hybridized carbons (Fsp3) is 0.500. The SMILES string of the molecule is COc1cccc([C@@H](C)NC2COC2)c1. The molecule has 3 heteroatoms. The van der Waals surface area contributed by atoms with Crippen LogP contribution in [-0.2, 0) is 4.74 Å². The normalized spacial score (nSPS) is 18.3. The minimum Gasteiger partial charge on any atom is -0.497 e. The lowest BCUT2D eigenvalue weighted by Gasteiger charge is -2.30. The molecule has 1 aromatic rings. The van der Waals surface area contributed by atoms with Crippen molar-refractivity contribution in [2.45, 2.75) is 19.0 Å². The van der Waals surface area contributed by atoms with Gasteiger partial charge in [0.25, 0.3) is 0 Å². The zero-order valence-electron chi connectivity index (χ0n) is 9.19. The van der Waals surface area contributed by atoms with Crippen molar-refractivity contribution in [1.29, 1.82) is 0 Å². The minimum atomic E-state index is 0.342. The topological polar surface area (TPSA) is 30.5 Å². The van der Waals surface area contributed by atoms with Crippen LogP contribution in [0.3, 0.4) is 0 Å². The molecule has 1 aromatic carbocycles. The van der Waals surface area contributed by atoms with E-state index < -0.39 is 0 Å². The van der Waals surface area contributed by atoms with Crippen LogP contribution in [0, 0.1) is 0 Å². The van der Waals surface area contributed by atoms with Crippen LogP contribution in [0.25, 0.3) is 0 Å². The highest BCUT2D eigenvalue weighted by atomic mass is 16.5. The summed E-state index contributed by atoms with van der Waals surface area (Å²) < 4.78 is 10.3. The van der Waals surface area contributed by atoms with Crippen molar-refractivity contribution in [2.75, 3.05) is 20.3 Å². The largest absolute Gasteiger partial charge is 0.497 e.